The van der Waals surface area contributed by atoms with Crippen LogP contribution in [0.5, 0.6) is 0 Å². The lowest BCUT2D eigenvalue weighted by Crippen LogP contribution is -2.00. The second-order valence-electron chi connectivity index (χ2n) is 0.481. The van der Waals surface area contributed by atoms with Gasteiger partial charge < -0.3 is 10.2 Å². The second kappa shape index (κ2) is 1.46. The topological polar surface area (TPSA) is 40.5 Å². The van der Waals surface area contributed by atoms with E-state index in [1.54, 1.807) is 0 Å². The maximum absolute atomic E-state index is 7.62. The molecule has 2 N–H and O–H groups in total. The van der Waals surface area contributed by atoms with Crippen LogP contribution in [0.4, 0.5) is 0 Å². The fraction of sp³-hybridized carbons (Fsp3) is 1.00. The van der Waals surface area contributed by atoms with Crippen LogP contribution in [0, 0.1) is 0 Å². The van der Waals surface area contributed by atoms with Gasteiger partial charge in [-0.25, -0.2) is 0 Å². The van der Waals surface area contributed by atoms with E-state index in [0.29, 0.717) is 0 Å². The van der Waals surface area contributed by atoms with Crippen molar-refractivity contribution in [2.24, 2.45) is 0 Å². The lowest BCUT2D eigenvalue weighted by molar-refractivity contribution is 0.0326. The lowest BCUT2D eigenvalue weighted by atomic mass is 11.5. The van der Waals surface area contributed by atoms with Gasteiger partial charge in [0.05, 0.1) is 10.2 Å². The summed E-state index contributed by atoms with van der Waals surface area (Å²) in [5.41, 5.74) is 0. The van der Waals surface area contributed by atoms with E-state index in [0.717, 1.165) is 10.2 Å². The Morgan fingerprint density at radius 1 is 1.50 bits per heavy atom. The van der Waals surface area contributed by atoms with Crippen molar-refractivity contribution in [3.05, 3.63) is 0 Å². The molecule has 0 aromatic rings. The van der Waals surface area contributed by atoms with Gasteiger partial charge in [0.15, 0.2) is 0 Å². The molecule has 1 radical (unpaired) electrons. The first-order valence-corrected chi connectivity index (χ1v) is 1.74. The highest BCUT2D eigenvalue weighted by Gasteiger charge is 1.71. The van der Waals surface area contributed by atoms with E-state index < -0.39 is 5.91 Å². The second-order valence-corrected chi connectivity index (χ2v) is 1.21. The monoisotopic (exact) mass is 77.0 g/mol. The molecule has 4 heavy (non-hydrogen) atoms. The Kier molecular flexibility index (Phi) is 1.51. The summed E-state index contributed by atoms with van der Waals surface area (Å²) < 4.78 is 0. The zero-order chi connectivity index (χ0) is 3.58. The van der Waals surface area contributed by atoms with Crippen LogP contribution in [0.3, 0.4) is 0 Å². The molecular weight excluding hydrogens is 72.1 g/mol. The largest absolute Gasteiger partial charge is 0.373 e. The quantitative estimate of drug-likeness (QED) is 0.256. The van der Waals surface area contributed by atoms with Crippen LogP contribution >= 0.6 is 0 Å². The van der Waals surface area contributed by atoms with Gasteiger partial charge in [0.1, 0.15) is 5.91 Å². The van der Waals surface area contributed by atoms with Crippen molar-refractivity contribution in [1.82, 2.24) is 0 Å². The Morgan fingerprint density at radius 2 is 1.50 bits per heavy atom. The third-order valence-corrected chi connectivity index (χ3v) is 0. The summed E-state index contributed by atoms with van der Waals surface area (Å²) in [6.45, 7) is 0. The first-order chi connectivity index (χ1) is 1.73. The Bertz CT molecular complexity index is 10.8. The first kappa shape index (κ1) is 4.14. The van der Waals surface area contributed by atoms with Gasteiger partial charge in [-0.15, -0.1) is 0 Å². The average Bonchev–Trinajstić information content (AvgIpc) is 0.811. The van der Waals surface area contributed by atoms with E-state index in [4.69, 9.17) is 10.2 Å². The highest BCUT2D eigenvalue weighted by molar-refractivity contribution is 6.09. The van der Waals surface area contributed by atoms with Crippen molar-refractivity contribution in [1.29, 1.82) is 0 Å². The molecule has 0 fully saturated rings. The summed E-state index contributed by atoms with van der Waals surface area (Å²) in [6.07, 6.45) is 0. The van der Waals surface area contributed by atoms with Crippen molar-refractivity contribution in [3.63, 3.8) is 0 Å². The number of hydrogen-bond donors (Lipinski definition) is 2. The molecule has 0 saturated carbocycles. The third kappa shape index (κ3) is 147. The lowest BCUT2D eigenvalue weighted by Gasteiger charge is -1.80. The molecule has 0 rings (SSSR count). The fourth-order valence-corrected chi connectivity index (χ4v) is 0. The minimum Gasteiger partial charge on any atom is -0.373 e. The molecule has 0 aromatic carbocycles. The molecule has 0 heterocycles. The van der Waals surface area contributed by atoms with Gasteiger partial charge >= 0.3 is 0 Å². The van der Waals surface area contributed by atoms with Crippen molar-refractivity contribution >= 4 is 10.2 Å². The van der Waals surface area contributed by atoms with Gasteiger partial charge in [-0.05, 0) is 0 Å². The average molecular weight is 77.1 g/mol. The van der Waals surface area contributed by atoms with Crippen molar-refractivity contribution in [2.75, 3.05) is 0 Å². The smallest absolute Gasteiger partial charge is 0.126 e. The molecule has 0 aliphatic carbocycles. The zero-order valence-electron chi connectivity index (χ0n) is 2.18. The SMILES string of the molecule is OC(O)[SiH2]. The van der Waals surface area contributed by atoms with Crippen molar-refractivity contribution < 1.29 is 10.2 Å². The molecule has 0 atom stereocenters. The molecule has 0 bridgehead atoms. The maximum atomic E-state index is 7.62. The summed E-state index contributed by atoms with van der Waals surface area (Å²) in [6, 6.07) is 0. The standard InChI is InChI=1S/CH5O2Si/c2-1(3)4/h1-3H,4H2. The van der Waals surface area contributed by atoms with Crippen LogP contribution in [0.2, 0.25) is 0 Å². The van der Waals surface area contributed by atoms with E-state index in [9.17, 15) is 0 Å². The van der Waals surface area contributed by atoms with Crippen LogP contribution in [0.1, 0.15) is 0 Å². The van der Waals surface area contributed by atoms with E-state index in [1.165, 1.54) is 0 Å². The molecule has 3 heteroatoms. The third-order valence-electron chi connectivity index (χ3n) is 0. The summed E-state index contributed by atoms with van der Waals surface area (Å²) in [5, 5.41) is 15.2. The van der Waals surface area contributed by atoms with Crippen LogP contribution in [0.15, 0.2) is 0 Å². The van der Waals surface area contributed by atoms with Gasteiger partial charge in [-0.3, -0.25) is 0 Å². The highest BCUT2D eigenvalue weighted by Crippen LogP contribution is 1.47. The summed E-state index contributed by atoms with van der Waals surface area (Å²) in [7, 11) is 1.11. The molecule has 0 spiro atoms. The Labute approximate surface area is 27.5 Å². The van der Waals surface area contributed by atoms with E-state index in [1.807, 2.05) is 0 Å². The molecule has 0 aliphatic heterocycles. The predicted octanol–water partition coefficient (Wildman–Crippen LogP) is -2.11. The fourth-order valence-electron chi connectivity index (χ4n) is 0. The molecule has 2 nitrogen and oxygen atoms in total. The predicted molar refractivity (Wildman–Crippen MR) is 16.8 cm³/mol. The van der Waals surface area contributed by atoms with Gasteiger partial charge in [0.2, 0.25) is 0 Å². The number of rotatable bonds is 0. The molecular formula is CH5O2Si. The molecule has 0 amide bonds. The van der Waals surface area contributed by atoms with Crippen LogP contribution in [-0.2, 0) is 0 Å². The van der Waals surface area contributed by atoms with Crippen LogP contribution in [0.25, 0.3) is 0 Å². The van der Waals surface area contributed by atoms with Crippen LogP contribution < -0.4 is 0 Å². The summed E-state index contributed by atoms with van der Waals surface area (Å²) >= 11 is 0. The number of aliphatic hydroxyl groups is 2. The highest BCUT2D eigenvalue weighted by atomic mass is 28.1. The summed E-state index contributed by atoms with van der Waals surface area (Å²) in [4.78, 5) is 0. The minimum absolute atomic E-state index is 1.11. The van der Waals surface area contributed by atoms with Crippen LogP contribution in [-0.4, -0.2) is 26.4 Å². The zero-order valence-corrected chi connectivity index (χ0v) is 3.59. The van der Waals surface area contributed by atoms with Gasteiger partial charge in [-0.2, -0.15) is 0 Å². The normalized spacial score (nSPS) is 9.00. The van der Waals surface area contributed by atoms with E-state index in [2.05, 4.69) is 0 Å². The molecule has 25 valence electrons. The maximum Gasteiger partial charge on any atom is 0.126 e. The number of hydrogen-bond acceptors (Lipinski definition) is 2. The van der Waals surface area contributed by atoms with Gasteiger partial charge in [0, 0.05) is 0 Å². The van der Waals surface area contributed by atoms with Crippen molar-refractivity contribution in [3.8, 4) is 0 Å². The van der Waals surface area contributed by atoms with E-state index >= 15 is 0 Å². The van der Waals surface area contributed by atoms with Crippen molar-refractivity contribution in [2.45, 2.75) is 5.91 Å². The Balaban J connectivity index is 2.32. The molecule has 0 aromatic heterocycles. The molecule has 0 unspecified atom stereocenters. The molecule has 0 aliphatic rings. The number of aliphatic hydroxyl groups excluding tert-OH is 1. The van der Waals surface area contributed by atoms with Gasteiger partial charge in [0.25, 0.3) is 0 Å². The molecule has 0 saturated heterocycles. The van der Waals surface area contributed by atoms with Gasteiger partial charge in [-0.1, -0.05) is 0 Å². The first-order valence-electron chi connectivity index (χ1n) is 0.925. The van der Waals surface area contributed by atoms with E-state index in [-0.39, 0.29) is 0 Å². The Morgan fingerprint density at radius 3 is 1.50 bits per heavy atom. The summed E-state index contributed by atoms with van der Waals surface area (Å²) in [5.74, 6) is -1.14. The Hall–Kier alpha value is 0.137. The minimum atomic E-state index is -1.14.